The van der Waals surface area contributed by atoms with Crippen LogP contribution in [0, 0.1) is 11.8 Å². The van der Waals surface area contributed by atoms with Gasteiger partial charge in [0.05, 0.1) is 17.9 Å². The van der Waals surface area contributed by atoms with E-state index in [1.807, 2.05) is 6.92 Å². The summed E-state index contributed by atoms with van der Waals surface area (Å²) < 4.78 is 16.4. The fourth-order valence-electron chi connectivity index (χ4n) is 4.53. The average molecular weight is 531 g/mol. The van der Waals surface area contributed by atoms with E-state index in [2.05, 4.69) is 5.32 Å². The number of aliphatic hydroxyl groups is 1. The zero-order valence-corrected chi connectivity index (χ0v) is 22.7. The summed E-state index contributed by atoms with van der Waals surface area (Å²) in [6.07, 6.45) is 5.27. The molecule has 0 saturated carbocycles. The minimum Gasteiger partial charge on any atom is -0.439 e. The van der Waals surface area contributed by atoms with Crippen molar-refractivity contribution in [3.05, 3.63) is 58.9 Å². The smallest absolute Gasteiger partial charge is 0.405 e. The van der Waals surface area contributed by atoms with Gasteiger partial charge in [-0.05, 0) is 44.3 Å². The first kappa shape index (κ1) is 30.9. The minimum absolute atomic E-state index is 0.0965. The van der Waals surface area contributed by atoms with Gasteiger partial charge in [-0.1, -0.05) is 38.2 Å². The lowest BCUT2D eigenvalue weighted by atomic mass is 9.86. The predicted octanol–water partition coefficient (Wildman–Crippen LogP) is 2.43. The third kappa shape index (κ3) is 8.34. The zero-order valence-electron chi connectivity index (χ0n) is 22.7. The van der Waals surface area contributed by atoms with E-state index < -0.39 is 53.9 Å². The van der Waals surface area contributed by atoms with Crippen LogP contribution >= 0.6 is 0 Å². The molecule has 1 heterocycles. The maximum absolute atomic E-state index is 13.0. The van der Waals surface area contributed by atoms with Crippen LogP contribution in [0.3, 0.4) is 0 Å². The molecular weight excluding hydrogens is 492 g/mol. The van der Waals surface area contributed by atoms with Crippen molar-refractivity contribution < 1.29 is 38.5 Å². The van der Waals surface area contributed by atoms with E-state index in [0.29, 0.717) is 12.0 Å². The molecule has 208 valence electrons. The lowest BCUT2D eigenvalue weighted by Gasteiger charge is -2.29. The first-order chi connectivity index (χ1) is 17.9. The monoisotopic (exact) mass is 530 g/mol. The van der Waals surface area contributed by atoms with Gasteiger partial charge in [-0.2, -0.15) is 0 Å². The third-order valence-electron chi connectivity index (χ3n) is 6.61. The van der Waals surface area contributed by atoms with E-state index >= 15 is 0 Å². The van der Waals surface area contributed by atoms with Crippen LogP contribution in [0.4, 0.5) is 4.79 Å². The molecule has 2 rings (SSSR count). The molecule has 2 bridgehead atoms. The molecule has 0 aromatic rings. The highest BCUT2D eigenvalue weighted by Gasteiger charge is 2.31. The maximum atomic E-state index is 13.0. The molecule has 1 aliphatic carbocycles. The van der Waals surface area contributed by atoms with Gasteiger partial charge in [0, 0.05) is 37.4 Å². The standard InChI is InChI=1S/C28H38N2O8/c1-15-10-19-13-20(31)14-21(25(19)33)30-27(34)16(2)8-7-9-22(36-5)26(38-28(29)35)18(4)12-17(3)24(32)23(11-15)37-6/h7-9,12-15,17,22-24,26,32H,10-11H2,1-6H3,(H2,29,35)(H,30,34)/b9-7+,16-8-,18-12+. The topological polar surface area (TPSA) is 154 Å². The number of methoxy groups -OCH3 is 2. The largest absolute Gasteiger partial charge is 0.439 e. The second-order valence-electron chi connectivity index (χ2n) is 9.79. The van der Waals surface area contributed by atoms with Gasteiger partial charge in [-0.25, -0.2) is 4.79 Å². The zero-order chi connectivity index (χ0) is 28.6. The van der Waals surface area contributed by atoms with E-state index in [4.69, 9.17) is 19.9 Å². The van der Waals surface area contributed by atoms with Gasteiger partial charge < -0.3 is 30.4 Å². The molecule has 0 radical (unpaired) electrons. The van der Waals surface area contributed by atoms with Gasteiger partial charge in [0.2, 0.25) is 5.78 Å². The Hall–Kier alpha value is -3.34. The molecule has 0 spiro atoms. The third-order valence-corrected chi connectivity index (χ3v) is 6.61. The quantitative estimate of drug-likeness (QED) is 0.371. The van der Waals surface area contributed by atoms with E-state index in [1.165, 1.54) is 26.4 Å². The van der Waals surface area contributed by atoms with Crippen LogP contribution in [-0.4, -0.2) is 67.3 Å². The summed E-state index contributed by atoms with van der Waals surface area (Å²) in [5.74, 6) is -1.93. The number of primary amides is 1. The number of carbonyl (C=O) groups excluding carboxylic acids is 4. The van der Waals surface area contributed by atoms with Crippen molar-refractivity contribution in [2.75, 3.05) is 14.2 Å². The minimum atomic E-state index is -0.993. The summed E-state index contributed by atoms with van der Waals surface area (Å²) in [6.45, 7) is 6.98. The number of nitrogens with one attached hydrogen (secondary N) is 1. The molecule has 0 fully saturated rings. The number of carbonyl (C=O) groups is 4. The number of ether oxygens (including phenoxy) is 3. The van der Waals surface area contributed by atoms with Crippen molar-refractivity contribution in [2.24, 2.45) is 17.6 Å². The van der Waals surface area contributed by atoms with Gasteiger partial charge in [-0.3, -0.25) is 14.4 Å². The number of fused-ring (bicyclic) bond motifs is 2. The molecule has 0 saturated heterocycles. The summed E-state index contributed by atoms with van der Waals surface area (Å²) in [4.78, 5) is 49.7. The number of amides is 2. The van der Waals surface area contributed by atoms with Crippen molar-refractivity contribution in [1.29, 1.82) is 0 Å². The number of hydrogen-bond donors (Lipinski definition) is 3. The van der Waals surface area contributed by atoms with E-state index in [-0.39, 0.29) is 29.2 Å². The number of ketones is 2. The highest BCUT2D eigenvalue weighted by molar-refractivity contribution is 6.21. The van der Waals surface area contributed by atoms with Crippen LogP contribution in [-0.2, 0) is 28.6 Å². The Morgan fingerprint density at radius 2 is 1.79 bits per heavy atom. The number of nitrogens with two attached hydrogens (primary N) is 1. The van der Waals surface area contributed by atoms with Crippen molar-refractivity contribution in [2.45, 2.75) is 65.0 Å². The van der Waals surface area contributed by atoms with Gasteiger partial charge >= 0.3 is 6.09 Å². The molecule has 4 N–H and O–H groups in total. The second-order valence-corrected chi connectivity index (χ2v) is 9.79. The SMILES string of the molecule is COC1/C=C/C=C(/C)C(=O)NC2=CC(=O)C=C(CC(C)CC(OC)C(O)C(C)/C=C(\C)C1OC(N)=O)C2=O. The Balaban J connectivity index is 2.53. The fourth-order valence-corrected chi connectivity index (χ4v) is 4.53. The summed E-state index contributed by atoms with van der Waals surface area (Å²) in [5.41, 5.74) is 6.35. The fraction of sp³-hybridized carbons (Fsp3) is 0.500. The highest BCUT2D eigenvalue weighted by Crippen LogP contribution is 2.27. The van der Waals surface area contributed by atoms with Crippen LogP contribution in [0.15, 0.2) is 58.9 Å². The Morgan fingerprint density at radius 3 is 2.39 bits per heavy atom. The highest BCUT2D eigenvalue weighted by atomic mass is 16.6. The predicted molar refractivity (Wildman–Crippen MR) is 141 cm³/mol. The molecule has 0 aromatic heterocycles. The van der Waals surface area contributed by atoms with Crippen LogP contribution in [0.25, 0.3) is 0 Å². The summed E-state index contributed by atoms with van der Waals surface area (Å²) in [6, 6.07) is 0. The Bertz CT molecular complexity index is 1080. The first-order valence-corrected chi connectivity index (χ1v) is 12.4. The Labute approximate surface area is 223 Å². The molecular formula is C28H38N2O8. The van der Waals surface area contributed by atoms with Crippen molar-refractivity contribution in [3.8, 4) is 0 Å². The lowest BCUT2D eigenvalue weighted by molar-refractivity contribution is -0.120. The van der Waals surface area contributed by atoms with Gasteiger partial charge in [0.25, 0.3) is 5.91 Å². The van der Waals surface area contributed by atoms with E-state index in [1.54, 1.807) is 39.0 Å². The van der Waals surface area contributed by atoms with Gasteiger partial charge in [-0.15, -0.1) is 0 Å². The van der Waals surface area contributed by atoms with Crippen molar-refractivity contribution in [1.82, 2.24) is 5.32 Å². The van der Waals surface area contributed by atoms with Crippen LogP contribution in [0.5, 0.6) is 0 Å². The molecule has 10 heteroatoms. The number of allylic oxidation sites excluding steroid dienone is 5. The Kier molecular flexibility index (Phi) is 11.4. The Morgan fingerprint density at radius 1 is 1.11 bits per heavy atom. The maximum Gasteiger partial charge on any atom is 0.405 e. The van der Waals surface area contributed by atoms with Gasteiger partial charge in [0.1, 0.15) is 6.10 Å². The second kappa shape index (κ2) is 14.0. The number of Topliss-reactive ketones (excluding diaryl/α,β-unsaturated/α-hetero) is 1. The average Bonchev–Trinajstić information content (AvgIpc) is 2.85. The van der Waals surface area contributed by atoms with Gasteiger partial charge in [0.15, 0.2) is 11.9 Å². The molecule has 6 unspecified atom stereocenters. The van der Waals surface area contributed by atoms with E-state index in [9.17, 15) is 24.3 Å². The van der Waals surface area contributed by atoms with Crippen LogP contribution in [0.1, 0.15) is 40.5 Å². The molecule has 2 amide bonds. The summed E-state index contributed by atoms with van der Waals surface area (Å²) in [5, 5.41) is 13.6. The normalized spacial score (nSPS) is 33.6. The molecule has 6 atom stereocenters. The first-order valence-electron chi connectivity index (χ1n) is 12.4. The molecule has 0 aromatic carbocycles. The molecule has 1 aliphatic heterocycles. The van der Waals surface area contributed by atoms with Crippen LogP contribution < -0.4 is 11.1 Å². The molecule has 2 aliphatic rings. The lowest BCUT2D eigenvalue weighted by Crippen LogP contribution is -2.37. The summed E-state index contributed by atoms with van der Waals surface area (Å²) >= 11 is 0. The summed E-state index contributed by atoms with van der Waals surface area (Å²) in [7, 11) is 2.92. The molecule has 10 nitrogen and oxygen atoms in total. The van der Waals surface area contributed by atoms with Crippen molar-refractivity contribution >= 4 is 23.6 Å². The molecule has 38 heavy (non-hydrogen) atoms. The number of hydrogen-bond acceptors (Lipinski definition) is 8. The van der Waals surface area contributed by atoms with E-state index in [0.717, 1.165) is 6.08 Å². The number of aliphatic hydroxyl groups excluding tert-OH is 1. The van der Waals surface area contributed by atoms with Crippen molar-refractivity contribution in [3.63, 3.8) is 0 Å². The number of rotatable bonds is 3. The van der Waals surface area contributed by atoms with Crippen LogP contribution in [0.2, 0.25) is 0 Å².